The fraction of sp³-hybridized carbons (Fsp3) is 0.529. The van der Waals surface area contributed by atoms with Crippen LogP contribution in [0.5, 0.6) is 5.75 Å². The van der Waals surface area contributed by atoms with E-state index >= 15 is 0 Å². The second kappa shape index (κ2) is 6.24. The summed E-state index contributed by atoms with van der Waals surface area (Å²) in [5.41, 5.74) is -0.928. The number of para-hydroxylation sites is 1. The number of hydrogen-bond donors (Lipinski definition) is 2. The van der Waals surface area contributed by atoms with E-state index in [0.717, 1.165) is 12.8 Å². The highest BCUT2D eigenvalue weighted by molar-refractivity contribution is 5.90. The van der Waals surface area contributed by atoms with Crippen molar-refractivity contribution in [2.75, 3.05) is 0 Å². The van der Waals surface area contributed by atoms with Crippen LogP contribution in [0.1, 0.15) is 43.6 Å². The Kier molecular flexibility index (Phi) is 4.38. The Morgan fingerprint density at radius 2 is 1.84 bits per heavy atom. The molecule has 0 bridgehead atoms. The number of benzene rings is 1. The number of carbonyl (C=O) groups excluding carboxylic acids is 1. The van der Waals surface area contributed by atoms with Gasteiger partial charge in [-0.1, -0.05) is 31.0 Å². The summed E-state index contributed by atoms with van der Waals surface area (Å²) < 4.78 is 41.5. The van der Waals surface area contributed by atoms with Crippen molar-refractivity contribution in [2.24, 2.45) is 5.92 Å². The first-order valence-corrected chi connectivity index (χ1v) is 8.12. The number of hydrogen-bond acceptors (Lipinski definition) is 3. The van der Waals surface area contributed by atoms with Gasteiger partial charge in [0.05, 0.1) is 0 Å². The molecule has 25 heavy (non-hydrogen) atoms. The molecule has 1 aromatic carbocycles. The maximum Gasteiger partial charge on any atom is 0.573 e. The molecule has 2 N–H and O–H groups in total. The molecule has 2 fully saturated rings. The number of alkyl halides is 3. The second-order valence-corrected chi connectivity index (χ2v) is 6.62. The Balaban J connectivity index is 1.71. The number of amides is 1. The standard InChI is InChI=1S/C17H18F3NO4/c18-17(19,20)25-13-6-2-1-5-10(13)11-9-12(11)14(22)21-16(15(23)24)7-3-4-8-16/h1-2,5-6,11-12H,3-4,7-9H2,(H,21,22)(H,23,24). The SMILES string of the molecule is O=C(NC1(C(=O)O)CCCC1)C1CC1c1ccccc1OC(F)(F)F. The summed E-state index contributed by atoms with van der Waals surface area (Å²) >= 11 is 0. The lowest BCUT2D eigenvalue weighted by Crippen LogP contribution is -2.53. The summed E-state index contributed by atoms with van der Waals surface area (Å²) in [6, 6.07) is 5.73. The molecule has 0 radical (unpaired) electrons. The van der Waals surface area contributed by atoms with Crippen LogP contribution in [0.3, 0.4) is 0 Å². The Labute approximate surface area is 142 Å². The zero-order chi connectivity index (χ0) is 18.2. The van der Waals surface area contributed by atoms with Crippen LogP contribution in [0.25, 0.3) is 0 Å². The van der Waals surface area contributed by atoms with Crippen molar-refractivity contribution in [1.82, 2.24) is 5.32 Å². The molecule has 5 nitrogen and oxygen atoms in total. The van der Waals surface area contributed by atoms with Gasteiger partial charge in [-0.05, 0) is 36.8 Å². The van der Waals surface area contributed by atoms with Crippen LogP contribution in [0.15, 0.2) is 24.3 Å². The second-order valence-electron chi connectivity index (χ2n) is 6.62. The van der Waals surface area contributed by atoms with E-state index in [1.165, 1.54) is 18.2 Å². The van der Waals surface area contributed by atoms with Crippen LogP contribution in [0.4, 0.5) is 13.2 Å². The van der Waals surface area contributed by atoms with E-state index in [1.54, 1.807) is 6.07 Å². The van der Waals surface area contributed by atoms with Crippen molar-refractivity contribution < 1.29 is 32.6 Å². The number of rotatable bonds is 5. The van der Waals surface area contributed by atoms with Gasteiger partial charge in [-0.15, -0.1) is 13.2 Å². The van der Waals surface area contributed by atoms with Crippen molar-refractivity contribution in [1.29, 1.82) is 0 Å². The minimum atomic E-state index is -4.81. The van der Waals surface area contributed by atoms with Crippen LogP contribution in [0, 0.1) is 5.92 Å². The third kappa shape index (κ3) is 3.72. The summed E-state index contributed by atoms with van der Waals surface area (Å²) in [6.45, 7) is 0. The first-order chi connectivity index (χ1) is 11.7. The lowest BCUT2D eigenvalue weighted by molar-refractivity contribution is -0.274. The molecule has 8 heteroatoms. The maximum atomic E-state index is 12.5. The molecule has 2 aliphatic rings. The first-order valence-electron chi connectivity index (χ1n) is 8.12. The number of carboxylic acids is 1. The molecule has 2 unspecified atom stereocenters. The number of ether oxygens (including phenoxy) is 1. The number of aliphatic carboxylic acids is 1. The lowest BCUT2D eigenvalue weighted by atomic mass is 9.97. The van der Waals surface area contributed by atoms with Crippen molar-refractivity contribution >= 4 is 11.9 Å². The zero-order valence-electron chi connectivity index (χ0n) is 13.3. The third-order valence-corrected chi connectivity index (χ3v) is 4.90. The average Bonchev–Trinajstić information content (AvgIpc) is 3.17. The van der Waals surface area contributed by atoms with Gasteiger partial charge in [0.1, 0.15) is 11.3 Å². The van der Waals surface area contributed by atoms with E-state index < -0.39 is 35.6 Å². The van der Waals surface area contributed by atoms with Gasteiger partial charge in [0.25, 0.3) is 0 Å². The van der Waals surface area contributed by atoms with Crippen molar-refractivity contribution in [3.8, 4) is 5.75 Å². The number of nitrogens with one attached hydrogen (secondary N) is 1. The molecule has 3 rings (SSSR count). The van der Waals surface area contributed by atoms with Gasteiger partial charge in [-0.25, -0.2) is 4.79 Å². The van der Waals surface area contributed by atoms with E-state index in [4.69, 9.17) is 0 Å². The van der Waals surface area contributed by atoms with Crippen LogP contribution in [-0.4, -0.2) is 28.9 Å². The summed E-state index contributed by atoms with van der Waals surface area (Å²) in [5.74, 6) is -2.72. The van der Waals surface area contributed by atoms with Crippen LogP contribution < -0.4 is 10.1 Å². The highest BCUT2D eigenvalue weighted by Crippen LogP contribution is 2.51. The van der Waals surface area contributed by atoms with Crippen molar-refractivity contribution in [3.63, 3.8) is 0 Å². The summed E-state index contributed by atoms with van der Waals surface area (Å²) in [5, 5.41) is 12.0. The van der Waals surface area contributed by atoms with E-state index in [2.05, 4.69) is 10.1 Å². The van der Waals surface area contributed by atoms with Crippen LogP contribution in [-0.2, 0) is 9.59 Å². The predicted molar refractivity (Wildman–Crippen MR) is 81.0 cm³/mol. The van der Waals surface area contributed by atoms with Crippen LogP contribution >= 0.6 is 0 Å². The van der Waals surface area contributed by atoms with E-state index in [9.17, 15) is 27.9 Å². The van der Waals surface area contributed by atoms with E-state index in [0.29, 0.717) is 24.8 Å². The molecule has 0 heterocycles. The molecule has 1 amide bonds. The lowest BCUT2D eigenvalue weighted by Gasteiger charge is -2.25. The average molecular weight is 357 g/mol. The topological polar surface area (TPSA) is 75.6 Å². The fourth-order valence-corrected chi connectivity index (χ4v) is 3.53. The molecular weight excluding hydrogens is 339 g/mol. The van der Waals surface area contributed by atoms with E-state index in [-0.39, 0.29) is 5.75 Å². The van der Waals surface area contributed by atoms with Crippen LogP contribution in [0.2, 0.25) is 0 Å². The Morgan fingerprint density at radius 1 is 1.20 bits per heavy atom. The quantitative estimate of drug-likeness (QED) is 0.849. The highest BCUT2D eigenvalue weighted by Gasteiger charge is 2.50. The molecule has 1 aromatic rings. The van der Waals surface area contributed by atoms with Gasteiger partial charge in [0, 0.05) is 5.92 Å². The number of carbonyl (C=O) groups is 2. The maximum absolute atomic E-state index is 12.5. The molecular formula is C17H18F3NO4. The molecule has 136 valence electrons. The van der Waals surface area contributed by atoms with Gasteiger partial charge < -0.3 is 15.2 Å². The smallest absolute Gasteiger partial charge is 0.480 e. The zero-order valence-corrected chi connectivity index (χ0v) is 13.3. The van der Waals surface area contributed by atoms with Gasteiger partial charge in [0.15, 0.2) is 0 Å². The number of carboxylic acid groups (broad SMARTS) is 1. The van der Waals surface area contributed by atoms with Crippen molar-refractivity contribution in [2.45, 2.75) is 49.9 Å². The summed E-state index contributed by atoms with van der Waals surface area (Å²) in [6.07, 6.45) is -2.23. The van der Waals surface area contributed by atoms with Gasteiger partial charge in [0.2, 0.25) is 5.91 Å². The molecule has 2 aliphatic carbocycles. The molecule has 2 atom stereocenters. The monoisotopic (exact) mass is 357 g/mol. The molecule has 0 saturated heterocycles. The van der Waals surface area contributed by atoms with Gasteiger partial charge >= 0.3 is 12.3 Å². The largest absolute Gasteiger partial charge is 0.573 e. The molecule has 0 aromatic heterocycles. The van der Waals surface area contributed by atoms with Gasteiger partial charge in [-0.3, -0.25) is 4.79 Å². The molecule has 2 saturated carbocycles. The Hall–Kier alpha value is -2.25. The van der Waals surface area contributed by atoms with Crippen molar-refractivity contribution in [3.05, 3.63) is 29.8 Å². The predicted octanol–water partition coefficient (Wildman–Crippen LogP) is 3.20. The van der Waals surface area contributed by atoms with Gasteiger partial charge in [-0.2, -0.15) is 0 Å². The fourth-order valence-electron chi connectivity index (χ4n) is 3.53. The van der Waals surface area contributed by atoms with E-state index in [1.807, 2.05) is 0 Å². The summed E-state index contributed by atoms with van der Waals surface area (Å²) in [7, 11) is 0. The molecule has 0 aliphatic heterocycles. The minimum Gasteiger partial charge on any atom is -0.480 e. The Bertz CT molecular complexity index is 683. The molecule has 0 spiro atoms. The first kappa shape index (κ1) is 17.6. The minimum absolute atomic E-state index is 0.316. The highest BCUT2D eigenvalue weighted by atomic mass is 19.4. The summed E-state index contributed by atoms with van der Waals surface area (Å²) in [4.78, 5) is 23.9. The number of halogens is 3. The third-order valence-electron chi connectivity index (χ3n) is 4.90. The normalized spacial score (nSPS) is 24.6. The Morgan fingerprint density at radius 3 is 2.44 bits per heavy atom.